The van der Waals surface area contributed by atoms with Crippen molar-refractivity contribution in [3.8, 4) is 5.75 Å². The molecule has 0 bridgehead atoms. The molecule has 0 radical (unpaired) electrons. The molecule has 0 amide bonds. The zero-order chi connectivity index (χ0) is 11.3. The summed E-state index contributed by atoms with van der Waals surface area (Å²) in [4.78, 5) is 0. The van der Waals surface area contributed by atoms with Crippen molar-refractivity contribution in [1.29, 1.82) is 0 Å². The Bertz CT molecular complexity index is 322. The Morgan fingerprint density at radius 2 is 2.27 bits per heavy atom. The summed E-state index contributed by atoms with van der Waals surface area (Å²) in [7, 11) is 1.67. The molecule has 1 rings (SSSR count). The molecule has 0 saturated carbocycles. The van der Waals surface area contributed by atoms with Gasteiger partial charge < -0.3 is 10.5 Å². The first kappa shape index (κ1) is 11.8. The van der Waals surface area contributed by atoms with Crippen LogP contribution in [0.3, 0.4) is 0 Å². The lowest BCUT2D eigenvalue weighted by Gasteiger charge is -2.19. The van der Waals surface area contributed by atoms with Crippen molar-refractivity contribution < 1.29 is 4.74 Å². The van der Waals surface area contributed by atoms with Crippen molar-refractivity contribution in [2.45, 2.75) is 12.8 Å². The molecular weight excluding hydrogens is 186 g/mol. The van der Waals surface area contributed by atoms with Gasteiger partial charge in [0.2, 0.25) is 0 Å². The van der Waals surface area contributed by atoms with Crippen molar-refractivity contribution >= 4 is 0 Å². The minimum absolute atomic E-state index is 0.296. The maximum Gasteiger partial charge on any atom is 0.119 e. The number of hydrogen-bond donors (Lipinski definition) is 1. The van der Waals surface area contributed by atoms with Crippen LogP contribution in [0.5, 0.6) is 5.75 Å². The molecule has 2 N–H and O–H groups in total. The van der Waals surface area contributed by atoms with Crippen LogP contribution in [0.15, 0.2) is 36.9 Å². The lowest BCUT2D eigenvalue weighted by molar-refractivity contribution is 0.413. The number of rotatable bonds is 5. The SMILES string of the molecule is C=CC(c1cccc(OC)c1)[C@@H](C)CN. The Morgan fingerprint density at radius 1 is 1.53 bits per heavy atom. The van der Waals surface area contributed by atoms with Gasteiger partial charge in [0.1, 0.15) is 5.75 Å². The summed E-state index contributed by atoms with van der Waals surface area (Å²) in [6.45, 7) is 6.66. The standard InChI is InChI=1S/C13H19NO/c1-4-13(10(2)9-14)11-6-5-7-12(8-11)15-3/h4-8,10,13H,1,9,14H2,2-3H3/t10-,13?/m0/s1. The predicted octanol–water partition coefficient (Wildman–Crippen LogP) is 2.56. The lowest BCUT2D eigenvalue weighted by atomic mass is 9.87. The van der Waals surface area contributed by atoms with Gasteiger partial charge in [0.05, 0.1) is 7.11 Å². The molecule has 2 heteroatoms. The second-order valence-corrected chi connectivity index (χ2v) is 3.75. The van der Waals surface area contributed by atoms with E-state index in [4.69, 9.17) is 10.5 Å². The highest BCUT2D eigenvalue weighted by Gasteiger charge is 2.14. The fraction of sp³-hybridized carbons (Fsp3) is 0.385. The van der Waals surface area contributed by atoms with E-state index in [2.05, 4.69) is 19.6 Å². The number of methoxy groups -OCH3 is 1. The average Bonchev–Trinajstić information content (AvgIpc) is 2.30. The Morgan fingerprint density at radius 3 is 2.80 bits per heavy atom. The summed E-state index contributed by atoms with van der Waals surface area (Å²) in [5.74, 6) is 1.57. The van der Waals surface area contributed by atoms with Crippen LogP contribution in [0.4, 0.5) is 0 Å². The third kappa shape index (κ3) is 2.83. The molecule has 1 unspecified atom stereocenters. The van der Waals surface area contributed by atoms with E-state index in [1.807, 2.05) is 24.3 Å². The van der Waals surface area contributed by atoms with E-state index in [1.165, 1.54) is 5.56 Å². The number of ether oxygens (including phenoxy) is 1. The Labute approximate surface area is 91.7 Å². The van der Waals surface area contributed by atoms with Crippen LogP contribution in [-0.4, -0.2) is 13.7 Å². The van der Waals surface area contributed by atoms with Crippen LogP contribution < -0.4 is 10.5 Å². The molecule has 2 atom stereocenters. The second-order valence-electron chi connectivity index (χ2n) is 3.75. The largest absolute Gasteiger partial charge is 0.497 e. The molecule has 0 saturated heterocycles. The highest BCUT2D eigenvalue weighted by molar-refractivity contribution is 5.33. The van der Waals surface area contributed by atoms with Crippen LogP contribution in [0.25, 0.3) is 0 Å². The van der Waals surface area contributed by atoms with Gasteiger partial charge in [-0.05, 0) is 30.2 Å². The van der Waals surface area contributed by atoms with Crippen molar-refractivity contribution in [2.75, 3.05) is 13.7 Å². The molecule has 15 heavy (non-hydrogen) atoms. The normalized spacial score (nSPS) is 14.3. The van der Waals surface area contributed by atoms with Gasteiger partial charge >= 0.3 is 0 Å². The average molecular weight is 205 g/mol. The highest BCUT2D eigenvalue weighted by Crippen LogP contribution is 2.27. The monoisotopic (exact) mass is 205 g/mol. The van der Waals surface area contributed by atoms with Crippen LogP contribution >= 0.6 is 0 Å². The minimum atomic E-state index is 0.296. The number of hydrogen-bond acceptors (Lipinski definition) is 2. The number of benzene rings is 1. The zero-order valence-electron chi connectivity index (χ0n) is 9.44. The van der Waals surface area contributed by atoms with Crippen LogP contribution in [0.1, 0.15) is 18.4 Å². The summed E-state index contributed by atoms with van der Waals surface area (Å²) in [5, 5.41) is 0. The fourth-order valence-electron chi connectivity index (χ4n) is 1.69. The third-order valence-electron chi connectivity index (χ3n) is 2.72. The summed E-state index contributed by atoms with van der Waals surface area (Å²) in [6.07, 6.45) is 1.95. The van der Waals surface area contributed by atoms with E-state index in [9.17, 15) is 0 Å². The Hall–Kier alpha value is -1.28. The zero-order valence-corrected chi connectivity index (χ0v) is 9.44. The Kier molecular flexibility index (Phi) is 4.37. The van der Waals surface area contributed by atoms with Gasteiger partial charge in [-0.15, -0.1) is 6.58 Å². The summed E-state index contributed by atoms with van der Waals surface area (Å²) >= 11 is 0. The molecule has 0 aliphatic heterocycles. The molecule has 0 heterocycles. The van der Waals surface area contributed by atoms with Gasteiger partial charge in [-0.25, -0.2) is 0 Å². The summed E-state index contributed by atoms with van der Waals surface area (Å²) in [5.41, 5.74) is 6.89. The van der Waals surface area contributed by atoms with E-state index in [-0.39, 0.29) is 0 Å². The van der Waals surface area contributed by atoms with E-state index < -0.39 is 0 Å². The van der Waals surface area contributed by atoms with E-state index >= 15 is 0 Å². The second kappa shape index (κ2) is 5.56. The van der Waals surface area contributed by atoms with Crippen LogP contribution in [0, 0.1) is 5.92 Å². The smallest absolute Gasteiger partial charge is 0.119 e. The molecule has 0 fully saturated rings. The van der Waals surface area contributed by atoms with Crippen molar-refractivity contribution in [3.05, 3.63) is 42.5 Å². The van der Waals surface area contributed by atoms with Crippen molar-refractivity contribution in [2.24, 2.45) is 11.7 Å². The van der Waals surface area contributed by atoms with Gasteiger partial charge in [-0.3, -0.25) is 0 Å². The van der Waals surface area contributed by atoms with E-state index in [0.29, 0.717) is 18.4 Å². The van der Waals surface area contributed by atoms with Gasteiger partial charge in [0.25, 0.3) is 0 Å². The summed E-state index contributed by atoms with van der Waals surface area (Å²) in [6, 6.07) is 8.06. The van der Waals surface area contributed by atoms with E-state index in [0.717, 1.165) is 5.75 Å². The molecule has 82 valence electrons. The maximum atomic E-state index is 5.68. The maximum absolute atomic E-state index is 5.68. The van der Waals surface area contributed by atoms with Gasteiger partial charge in [-0.2, -0.15) is 0 Å². The number of nitrogens with two attached hydrogens (primary N) is 1. The van der Waals surface area contributed by atoms with Crippen molar-refractivity contribution in [1.82, 2.24) is 0 Å². The molecule has 0 aromatic heterocycles. The molecule has 0 spiro atoms. The topological polar surface area (TPSA) is 35.2 Å². The van der Waals surface area contributed by atoms with Crippen molar-refractivity contribution in [3.63, 3.8) is 0 Å². The van der Waals surface area contributed by atoms with Gasteiger partial charge in [0, 0.05) is 5.92 Å². The van der Waals surface area contributed by atoms with Gasteiger partial charge in [0.15, 0.2) is 0 Å². The lowest BCUT2D eigenvalue weighted by Crippen LogP contribution is -2.17. The molecular formula is C13H19NO. The quantitative estimate of drug-likeness (QED) is 0.750. The minimum Gasteiger partial charge on any atom is -0.497 e. The molecule has 0 aliphatic carbocycles. The van der Waals surface area contributed by atoms with E-state index in [1.54, 1.807) is 7.11 Å². The first-order valence-corrected chi connectivity index (χ1v) is 5.19. The fourth-order valence-corrected chi connectivity index (χ4v) is 1.69. The van der Waals surface area contributed by atoms with Crippen LogP contribution in [-0.2, 0) is 0 Å². The molecule has 0 aliphatic rings. The molecule has 2 nitrogen and oxygen atoms in total. The third-order valence-corrected chi connectivity index (χ3v) is 2.72. The van der Waals surface area contributed by atoms with Crippen LogP contribution in [0.2, 0.25) is 0 Å². The Balaban J connectivity index is 2.95. The van der Waals surface area contributed by atoms with Gasteiger partial charge in [-0.1, -0.05) is 25.1 Å². The predicted molar refractivity (Wildman–Crippen MR) is 64.2 cm³/mol. The molecule has 1 aromatic carbocycles. The highest BCUT2D eigenvalue weighted by atomic mass is 16.5. The first-order valence-electron chi connectivity index (χ1n) is 5.19. The first-order chi connectivity index (χ1) is 7.22. The summed E-state index contributed by atoms with van der Waals surface area (Å²) < 4.78 is 5.20. The molecule has 1 aromatic rings. The number of allylic oxidation sites excluding steroid dienone is 1.